The summed E-state index contributed by atoms with van der Waals surface area (Å²) in [4.78, 5) is 7.04. The van der Waals surface area contributed by atoms with Gasteiger partial charge in [0.1, 0.15) is 0 Å². The van der Waals surface area contributed by atoms with Crippen molar-refractivity contribution in [3.8, 4) is 11.3 Å². The van der Waals surface area contributed by atoms with Gasteiger partial charge >= 0.3 is 0 Å². The number of benzene rings is 2. The summed E-state index contributed by atoms with van der Waals surface area (Å²) in [6.45, 7) is 1.12. The lowest BCUT2D eigenvalue weighted by Gasteiger charge is -2.15. The van der Waals surface area contributed by atoms with Crippen molar-refractivity contribution in [2.75, 3.05) is 20.6 Å². The summed E-state index contributed by atoms with van der Waals surface area (Å²) in [7, 11) is 4.21. The van der Waals surface area contributed by atoms with Crippen LogP contribution >= 0.6 is 0 Å². The molecule has 0 bridgehead atoms. The van der Waals surface area contributed by atoms with Crippen LogP contribution in [0.5, 0.6) is 0 Å². The summed E-state index contributed by atoms with van der Waals surface area (Å²) >= 11 is 0. The molecule has 0 amide bonds. The van der Waals surface area contributed by atoms with E-state index in [1.54, 1.807) is 0 Å². The molecule has 2 aromatic carbocycles. The third-order valence-corrected chi connectivity index (χ3v) is 4.97. The number of rotatable bonds is 9. The molecule has 3 nitrogen and oxygen atoms in total. The first-order valence-electron chi connectivity index (χ1n) is 9.90. The first kappa shape index (κ1) is 19.5. The highest BCUT2D eigenvalue weighted by Gasteiger charge is 2.12. The van der Waals surface area contributed by atoms with Crippen LogP contribution in [-0.4, -0.2) is 41.7 Å². The molecule has 0 saturated carbocycles. The Balaban J connectivity index is 1.73. The van der Waals surface area contributed by atoms with Crippen molar-refractivity contribution in [3.05, 3.63) is 66.2 Å². The number of nitrogens with zero attached hydrogens (tertiary/aromatic N) is 2. The molecular formula is C24H30N2O. The van der Waals surface area contributed by atoms with E-state index in [1.165, 1.54) is 18.4 Å². The molecule has 1 atom stereocenters. The number of fused-ring (bicyclic) bond motifs is 1. The molecular weight excluding hydrogens is 332 g/mol. The van der Waals surface area contributed by atoms with Crippen molar-refractivity contribution >= 4 is 10.9 Å². The predicted octanol–water partition coefficient (Wildman–Crippen LogP) is 4.93. The molecule has 3 heteroatoms. The van der Waals surface area contributed by atoms with Crippen LogP contribution in [0.3, 0.4) is 0 Å². The van der Waals surface area contributed by atoms with Gasteiger partial charge in [0.25, 0.3) is 0 Å². The molecule has 0 radical (unpaired) electrons. The lowest BCUT2D eigenvalue weighted by Crippen LogP contribution is -2.14. The Morgan fingerprint density at radius 1 is 0.926 bits per heavy atom. The summed E-state index contributed by atoms with van der Waals surface area (Å²) < 4.78 is 0. The second-order valence-electron chi connectivity index (χ2n) is 7.56. The molecule has 1 unspecified atom stereocenters. The number of hydrogen-bond acceptors (Lipinski definition) is 3. The van der Waals surface area contributed by atoms with Crippen LogP contribution in [0.15, 0.2) is 60.7 Å². The van der Waals surface area contributed by atoms with Crippen LogP contribution in [0.2, 0.25) is 0 Å². The van der Waals surface area contributed by atoms with E-state index in [-0.39, 0.29) is 6.10 Å². The maximum atomic E-state index is 10.6. The molecule has 1 heterocycles. The van der Waals surface area contributed by atoms with Crippen LogP contribution < -0.4 is 0 Å². The van der Waals surface area contributed by atoms with Crippen molar-refractivity contribution < 1.29 is 5.11 Å². The first-order chi connectivity index (χ1) is 13.1. The molecule has 3 aromatic rings. The smallest absolute Gasteiger partial charge is 0.0712 e. The second-order valence-corrected chi connectivity index (χ2v) is 7.56. The molecule has 142 valence electrons. The van der Waals surface area contributed by atoms with Gasteiger partial charge < -0.3 is 10.0 Å². The average molecular weight is 363 g/mol. The van der Waals surface area contributed by atoms with Crippen molar-refractivity contribution in [3.63, 3.8) is 0 Å². The zero-order valence-electron chi connectivity index (χ0n) is 16.4. The lowest BCUT2D eigenvalue weighted by atomic mass is 9.97. The van der Waals surface area contributed by atoms with Crippen LogP contribution in [0.1, 0.15) is 31.2 Å². The van der Waals surface area contributed by atoms with E-state index in [0.717, 1.165) is 41.5 Å². The maximum Gasteiger partial charge on any atom is 0.0712 e. The topological polar surface area (TPSA) is 36.4 Å². The predicted molar refractivity (Wildman–Crippen MR) is 114 cm³/mol. The monoisotopic (exact) mass is 362 g/mol. The number of unbranched alkanes of at least 4 members (excludes halogenated alkanes) is 2. The largest absolute Gasteiger partial charge is 0.393 e. The average Bonchev–Trinajstić information content (AvgIpc) is 2.68. The molecule has 0 saturated heterocycles. The fourth-order valence-electron chi connectivity index (χ4n) is 3.51. The van der Waals surface area contributed by atoms with Crippen LogP contribution in [0, 0.1) is 0 Å². The van der Waals surface area contributed by atoms with E-state index in [4.69, 9.17) is 4.98 Å². The van der Waals surface area contributed by atoms with Crippen LogP contribution in [-0.2, 0) is 6.42 Å². The van der Waals surface area contributed by atoms with E-state index in [0.29, 0.717) is 6.42 Å². The molecule has 0 aliphatic heterocycles. The number of pyridine rings is 1. The number of aliphatic hydroxyl groups is 1. The SMILES string of the molecule is CN(C)CCCCCC(O)Cc1cc(-c2ccccc2)nc2ccccc12. The summed E-state index contributed by atoms with van der Waals surface area (Å²) in [5.74, 6) is 0. The minimum absolute atomic E-state index is 0.307. The van der Waals surface area contributed by atoms with Gasteiger partial charge in [0.2, 0.25) is 0 Å². The second kappa shape index (κ2) is 9.63. The Morgan fingerprint density at radius 2 is 1.67 bits per heavy atom. The van der Waals surface area contributed by atoms with Gasteiger partial charge in [-0.1, -0.05) is 61.4 Å². The minimum Gasteiger partial charge on any atom is -0.393 e. The van der Waals surface area contributed by atoms with Crippen molar-refractivity contribution in [2.45, 2.75) is 38.2 Å². The maximum absolute atomic E-state index is 10.6. The number of para-hydroxylation sites is 1. The highest BCUT2D eigenvalue weighted by molar-refractivity contribution is 5.85. The van der Waals surface area contributed by atoms with Crippen LogP contribution in [0.4, 0.5) is 0 Å². The fourth-order valence-corrected chi connectivity index (χ4v) is 3.51. The molecule has 27 heavy (non-hydrogen) atoms. The summed E-state index contributed by atoms with van der Waals surface area (Å²) in [5.41, 5.74) is 4.26. The summed E-state index contributed by atoms with van der Waals surface area (Å²) in [6.07, 6.45) is 4.65. The third-order valence-electron chi connectivity index (χ3n) is 4.97. The lowest BCUT2D eigenvalue weighted by molar-refractivity contribution is 0.161. The van der Waals surface area contributed by atoms with Gasteiger partial charge in [-0.3, -0.25) is 0 Å². The van der Waals surface area contributed by atoms with Gasteiger partial charge in [0, 0.05) is 10.9 Å². The van der Waals surface area contributed by atoms with Gasteiger partial charge in [-0.05, 0) is 57.6 Å². The van der Waals surface area contributed by atoms with E-state index < -0.39 is 0 Å². The Hall–Kier alpha value is -2.23. The number of aliphatic hydroxyl groups excluding tert-OH is 1. The number of hydrogen-bond donors (Lipinski definition) is 1. The third kappa shape index (κ3) is 5.62. The van der Waals surface area contributed by atoms with Gasteiger partial charge in [-0.15, -0.1) is 0 Å². The van der Waals surface area contributed by atoms with E-state index in [2.05, 4.69) is 49.3 Å². The van der Waals surface area contributed by atoms with Crippen molar-refractivity contribution in [2.24, 2.45) is 0 Å². The molecule has 3 rings (SSSR count). The van der Waals surface area contributed by atoms with Gasteiger partial charge in [0.15, 0.2) is 0 Å². The van der Waals surface area contributed by atoms with Gasteiger partial charge in [0.05, 0.1) is 17.3 Å². The normalized spacial score (nSPS) is 12.6. The summed E-state index contributed by atoms with van der Waals surface area (Å²) in [5, 5.41) is 11.7. The molecule has 0 spiro atoms. The molecule has 0 aliphatic carbocycles. The Morgan fingerprint density at radius 3 is 2.44 bits per heavy atom. The minimum atomic E-state index is -0.307. The molecule has 1 aromatic heterocycles. The van der Waals surface area contributed by atoms with E-state index >= 15 is 0 Å². The zero-order chi connectivity index (χ0) is 19.1. The Labute approximate surface area is 162 Å². The number of aromatic nitrogens is 1. The quantitative estimate of drug-likeness (QED) is 0.549. The molecule has 1 N–H and O–H groups in total. The molecule has 0 fully saturated rings. The van der Waals surface area contributed by atoms with Crippen molar-refractivity contribution in [1.29, 1.82) is 0 Å². The summed E-state index contributed by atoms with van der Waals surface area (Å²) in [6, 6.07) is 20.6. The van der Waals surface area contributed by atoms with Crippen LogP contribution in [0.25, 0.3) is 22.2 Å². The first-order valence-corrected chi connectivity index (χ1v) is 9.90. The van der Waals surface area contributed by atoms with Crippen molar-refractivity contribution in [1.82, 2.24) is 9.88 Å². The standard InChI is InChI=1S/C24H30N2O/c1-26(2)16-10-4-7-13-21(27)17-20-18-24(19-11-5-3-6-12-19)25-23-15-9-8-14-22(20)23/h3,5-6,8-9,11-12,14-15,18,21,27H,4,7,10,13,16-17H2,1-2H3. The zero-order valence-corrected chi connectivity index (χ0v) is 16.4. The highest BCUT2D eigenvalue weighted by atomic mass is 16.3. The Bertz CT molecular complexity index is 845. The highest BCUT2D eigenvalue weighted by Crippen LogP contribution is 2.26. The Kier molecular flexibility index (Phi) is 6.97. The van der Waals surface area contributed by atoms with E-state index in [1.807, 2.05) is 30.3 Å². The van der Waals surface area contributed by atoms with E-state index in [9.17, 15) is 5.11 Å². The van der Waals surface area contributed by atoms with Gasteiger partial charge in [-0.2, -0.15) is 0 Å². The fraction of sp³-hybridized carbons (Fsp3) is 0.375. The van der Waals surface area contributed by atoms with Gasteiger partial charge in [-0.25, -0.2) is 4.98 Å². The molecule has 0 aliphatic rings.